The van der Waals surface area contributed by atoms with Crippen LogP contribution < -0.4 is 0 Å². The second kappa shape index (κ2) is 10.2. The van der Waals surface area contributed by atoms with Crippen LogP contribution in [-0.4, -0.2) is 69.4 Å². The van der Waals surface area contributed by atoms with Gasteiger partial charge in [-0.05, 0) is 37.3 Å². The highest BCUT2D eigenvalue weighted by molar-refractivity contribution is 5.76. The highest BCUT2D eigenvalue weighted by atomic mass is 16.2. The van der Waals surface area contributed by atoms with Crippen molar-refractivity contribution in [2.45, 2.75) is 38.8 Å². The van der Waals surface area contributed by atoms with Gasteiger partial charge in [0.1, 0.15) is 5.82 Å². The summed E-state index contributed by atoms with van der Waals surface area (Å²) in [6.45, 7) is 7.80. The number of piperidine rings is 1. The maximum absolute atomic E-state index is 12.8. The number of benzene rings is 1. The van der Waals surface area contributed by atoms with Crippen molar-refractivity contribution >= 4 is 5.91 Å². The van der Waals surface area contributed by atoms with E-state index in [9.17, 15) is 4.79 Å². The number of aryl methyl sites for hydroxylation is 1. The zero-order valence-corrected chi connectivity index (χ0v) is 18.2. The molecule has 4 rings (SSSR count). The Hall–Kier alpha value is -2.18. The van der Waals surface area contributed by atoms with Crippen LogP contribution in [0.3, 0.4) is 0 Å². The summed E-state index contributed by atoms with van der Waals surface area (Å²) in [7, 11) is 2.06. The zero-order chi connectivity index (χ0) is 20.8. The Labute approximate surface area is 180 Å². The van der Waals surface area contributed by atoms with Gasteiger partial charge in [-0.1, -0.05) is 30.3 Å². The lowest BCUT2D eigenvalue weighted by Gasteiger charge is -2.36. The number of hydrogen-bond acceptors (Lipinski definition) is 4. The number of carbonyl (C=O) groups excluding carboxylic acids is 1. The maximum Gasteiger partial charge on any atom is 0.222 e. The minimum atomic E-state index is 0.343. The molecular formula is C24H35N5O. The quantitative estimate of drug-likeness (QED) is 0.705. The first-order valence-corrected chi connectivity index (χ1v) is 11.4. The first-order chi connectivity index (χ1) is 14.7. The SMILES string of the molecule is Cn1ccnc1CN1CCC[C@@H](CCC(=O)N2CCN(Cc3ccccc3)CC2)C1. The number of amides is 1. The van der Waals surface area contributed by atoms with Crippen LogP contribution >= 0.6 is 0 Å². The van der Waals surface area contributed by atoms with Crippen molar-refractivity contribution in [2.24, 2.45) is 13.0 Å². The van der Waals surface area contributed by atoms with Crippen LogP contribution in [0.15, 0.2) is 42.7 Å². The molecule has 2 aliphatic rings. The number of aromatic nitrogens is 2. The smallest absolute Gasteiger partial charge is 0.222 e. The summed E-state index contributed by atoms with van der Waals surface area (Å²) in [6.07, 6.45) is 8.06. The van der Waals surface area contributed by atoms with Crippen molar-refractivity contribution in [1.29, 1.82) is 0 Å². The number of piperazine rings is 1. The molecule has 2 aliphatic heterocycles. The molecule has 6 nitrogen and oxygen atoms in total. The van der Waals surface area contributed by atoms with Crippen LogP contribution in [0.5, 0.6) is 0 Å². The molecule has 1 atom stereocenters. The molecule has 30 heavy (non-hydrogen) atoms. The molecule has 0 bridgehead atoms. The standard InChI is InChI=1S/C24H35N5O/c1-26-13-11-25-23(26)20-28-12-5-8-22(19-28)9-10-24(30)29-16-14-27(15-17-29)18-21-6-3-2-4-7-21/h2-4,6-7,11,13,22H,5,8-10,12,14-20H2,1H3/t22-/m0/s1. The zero-order valence-electron chi connectivity index (χ0n) is 18.2. The van der Waals surface area contributed by atoms with Crippen molar-refractivity contribution in [2.75, 3.05) is 39.3 Å². The summed E-state index contributed by atoms with van der Waals surface area (Å²) in [6, 6.07) is 10.6. The summed E-state index contributed by atoms with van der Waals surface area (Å²) in [5.41, 5.74) is 1.35. The molecule has 2 saturated heterocycles. The van der Waals surface area contributed by atoms with Gasteiger partial charge in [0, 0.05) is 65.1 Å². The third kappa shape index (κ3) is 5.70. The van der Waals surface area contributed by atoms with Crippen LogP contribution in [0.1, 0.15) is 37.1 Å². The monoisotopic (exact) mass is 409 g/mol. The van der Waals surface area contributed by atoms with Gasteiger partial charge in [0.05, 0.1) is 6.54 Å². The molecule has 2 aromatic rings. The Morgan fingerprint density at radius 2 is 1.83 bits per heavy atom. The molecule has 1 aromatic carbocycles. The van der Waals surface area contributed by atoms with Crippen LogP contribution in [0.2, 0.25) is 0 Å². The predicted octanol–water partition coefficient (Wildman–Crippen LogP) is 2.76. The van der Waals surface area contributed by atoms with E-state index in [4.69, 9.17) is 0 Å². The van der Waals surface area contributed by atoms with Crippen molar-refractivity contribution in [3.8, 4) is 0 Å². The molecule has 0 aliphatic carbocycles. The normalized spacial score (nSPS) is 21.1. The number of hydrogen-bond donors (Lipinski definition) is 0. The second-order valence-corrected chi connectivity index (χ2v) is 8.88. The Balaban J connectivity index is 1.17. The van der Waals surface area contributed by atoms with Crippen molar-refractivity contribution in [3.63, 3.8) is 0 Å². The van der Waals surface area contributed by atoms with E-state index in [2.05, 4.69) is 61.6 Å². The van der Waals surface area contributed by atoms with Gasteiger partial charge < -0.3 is 9.47 Å². The van der Waals surface area contributed by atoms with Gasteiger partial charge in [-0.2, -0.15) is 0 Å². The van der Waals surface area contributed by atoms with Gasteiger partial charge in [0.15, 0.2) is 0 Å². The summed E-state index contributed by atoms with van der Waals surface area (Å²) in [5.74, 6) is 2.10. The Morgan fingerprint density at radius 1 is 1.03 bits per heavy atom. The lowest BCUT2D eigenvalue weighted by molar-refractivity contribution is -0.133. The number of imidazole rings is 1. The van der Waals surface area contributed by atoms with Crippen LogP contribution in [-0.2, 0) is 24.9 Å². The number of likely N-dealkylation sites (tertiary alicyclic amines) is 1. The van der Waals surface area contributed by atoms with E-state index in [0.717, 1.165) is 64.6 Å². The van der Waals surface area contributed by atoms with Gasteiger partial charge in [-0.25, -0.2) is 4.98 Å². The van der Waals surface area contributed by atoms with Crippen molar-refractivity contribution in [1.82, 2.24) is 24.3 Å². The van der Waals surface area contributed by atoms with Gasteiger partial charge in [-0.15, -0.1) is 0 Å². The first-order valence-electron chi connectivity index (χ1n) is 11.4. The number of rotatable bonds is 7. The van der Waals surface area contributed by atoms with E-state index < -0.39 is 0 Å². The average Bonchev–Trinajstić information content (AvgIpc) is 3.18. The van der Waals surface area contributed by atoms with Gasteiger partial charge >= 0.3 is 0 Å². The predicted molar refractivity (Wildman–Crippen MR) is 119 cm³/mol. The lowest BCUT2D eigenvalue weighted by Crippen LogP contribution is -2.48. The largest absolute Gasteiger partial charge is 0.340 e. The minimum Gasteiger partial charge on any atom is -0.340 e. The molecule has 6 heteroatoms. The second-order valence-electron chi connectivity index (χ2n) is 8.88. The maximum atomic E-state index is 12.8. The van der Waals surface area contributed by atoms with Crippen LogP contribution in [0.4, 0.5) is 0 Å². The highest BCUT2D eigenvalue weighted by Gasteiger charge is 2.24. The molecule has 3 heterocycles. The Morgan fingerprint density at radius 3 is 2.57 bits per heavy atom. The number of carbonyl (C=O) groups is 1. The third-order valence-corrected chi connectivity index (χ3v) is 6.63. The molecule has 0 unspecified atom stereocenters. The summed E-state index contributed by atoms with van der Waals surface area (Å²) < 4.78 is 2.10. The van der Waals surface area contributed by atoms with Crippen LogP contribution in [0.25, 0.3) is 0 Å². The van der Waals surface area contributed by atoms with E-state index >= 15 is 0 Å². The fraction of sp³-hybridized carbons (Fsp3) is 0.583. The number of nitrogens with zero attached hydrogens (tertiary/aromatic N) is 5. The molecule has 0 spiro atoms. The van der Waals surface area contributed by atoms with Crippen LogP contribution in [0, 0.1) is 5.92 Å². The molecule has 0 saturated carbocycles. The summed E-state index contributed by atoms with van der Waals surface area (Å²) in [5, 5.41) is 0. The molecule has 162 valence electrons. The van der Waals surface area contributed by atoms with E-state index in [1.54, 1.807) is 0 Å². The topological polar surface area (TPSA) is 44.6 Å². The summed E-state index contributed by atoms with van der Waals surface area (Å²) in [4.78, 5) is 24.3. The average molecular weight is 410 g/mol. The first kappa shape index (κ1) is 21.1. The Bertz CT molecular complexity index is 797. The molecule has 1 amide bonds. The highest BCUT2D eigenvalue weighted by Crippen LogP contribution is 2.23. The van der Waals surface area contributed by atoms with E-state index in [-0.39, 0.29) is 0 Å². The Kier molecular flexibility index (Phi) is 7.18. The van der Waals surface area contributed by atoms with Crippen molar-refractivity contribution in [3.05, 3.63) is 54.1 Å². The minimum absolute atomic E-state index is 0.343. The van der Waals surface area contributed by atoms with E-state index in [0.29, 0.717) is 18.2 Å². The lowest BCUT2D eigenvalue weighted by atomic mass is 9.93. The van der Waals surface area contributed by atoms with E-state index in [1.807, 2.05) is 12.4 Å². The third-order valence-electron chi connectivity index (χ3n) is 6.63. The van der Waals surface area contributed by atoms with Crippen molar-refractivity contribution < 1.29 is 4.79 Å². The van der Waals surface area contributed by atoms with Gasteiger partial charge in [-0.3, -0.25) is 14.6 Å². The molecular weight excluding hydrogens is 374 g/mol. The molecule has 1 aromatic heterocycles. The molecule has 0 N–H and O–H groups in total. The van der Waals surface area contributed by atoms with Gasteiger partial charge in [0.25, 0.3) is 0 Å². The van der Waals surface area contributed by atoms with E-state index in [1.165, 1.54) is 18.4 Å². The fourth-order valence-corrected chi connectivity index (χ4v) is 4.76. The molecule has 2 fully saturated rings. The summed E-state index contributed by atoms with van der Waals surface area (Å²) >= 11 is 0. The fourth-order valence-electron chi connectivity index (χ4n) is 4.76. The molecule has 0 radical (unpaired) electrons. The van der Waals surface area contributed by atoms with Gasteiger partial charge in [0.2, 0.25) is 5.91 Å².